The van der Waals surface area contributed by atoms with Gasteiger partial charge < -0.3 is 0 Å². The molecule has 292 valence electrons. The molecule has 3 spiro atoms. The van der Waals surface area contributed by atoms with Gasteiger partial charge in [-0.05, 0) is 173 Å². The number of rotatable bonds is 0. The van der Waals surface area contributed by atoms with Crippen molar-refractivity contribution in [3.05, 3.63) is 261 Å². The SMILES string of the molecule is C(#Cc1ccc2c(c1)C1(CC3(C1)CC1(C3)c3cc(C#Cc4ccccc4)ccc3-c3ccc(C#Cc4ccccc4)cc31)c1cc(C#Cc3ccccc3)ccc1-2)c1ccccc1. The van der Waals surface area contributed by atoms with E-state index in [0.29, 0.717) is 0 Å². The van der Waals surface area contributed by atoms with Crippen LogP contribution >= 0.6 is 0 Å². The topological polar surface area (TPSA) is 0 Å². The molecule has 2 saturated carbocycles. The molecule has 0 heterocycles. The van der Waals surface area contributed by atoms with Crippen molar-refractivity contribution in [2.24, 2.45) is 5.41 Å². The van der Waals surface area contributed by atoms with Gasteiger partial charge in [-0.25, -0.2) is 0 Å². The van der Waals surface area contributed by atoms with Crippen molar-refractivity contribution >= 4 is 0 Å². The summed E-state index contributed by atoms with van der Waals surface area (Å²) in [6.07, 6.45) is 4.38. The third kappa shape index (κ3) is 6.32. The van der Waals surface area contributed by atoms with E-state index in [1.54, 1.807) is 0 Å². The zero-order valence-electron chi connectivity index (χ0n) is 34.8. The Labute approximate surface area is 370 Å². The second-order valence-corrected chi connectivity index (χ2v) is 17.9. The van der Waals surface area contributed by atoms with Crippen LogP contribution in [0.25, 0.3) is 22.3 Å². The molecule has 0 aromatic heterocycles. The van der Waals surface area contributed by atoms with E-state index in [2.05, 4.69) is 217 Å². The van der Waals surface area contributed by atoms with E-state index in [1.165, 1.54) is 44.5 Å². The van der Waals surface area contributed by atoms with Gasteiger partial charge in [-0.1, -0.05) is 144 Å². The van der Waals surface area contributed by atoms with E-state index in [9.17, 15) is 0 Å². The zero-order valence-corrected chi connectivity index (χ0v) is 34.8. The van der Waals surface area contributed by atoms with Gasteiger partial charge in [-0.3, -0.25) is 0 Å². The molecule has 0 saturated heterocycles. The van der Waals surface area contributed by atoms with Crippen LogP contribution in [0.1, 0.15) is 92.4 Å². The first-order valence-electron chi connectivity index (χ1n) is 21.9. The molecule has 0 aliphatic heterocycles. The second-order valence-electron chi connectivity index (χ2n) is 17.9. The van der Waals surface area contributed by atoms with E-state index < -0.39 is 0 Å². The van der Waals surface area contributed by atoms with Crippen molar-refractivity contribution in [1.82, 2.24) is 0 Å². The highest BCUT2D eigenvalue weighted by molar-refractivity contribution is 5.86. The van der Waals surface area contributed by atoms with Crippen LogP contribution < -0.4 is 0 Å². The minimum absolute atomic E-state index is 0.0998. The minimum atomic E-state index is -0.0998. The molecular weight excluding hydrogens is 757 g/mol. The highest BCUT2D eigenvalue weighted by atomic mass is 14.7. The number of hydrogen-bond acceptors (Lipinski definition) is 0. The summed E-state index contributed by atoms with van der Waals surface area (Å²) in [6, 6.07) is 68.9. The Morgan fingerprint density at radius 2 is 0.460 bits per heavy atom. The third-order valence-electron chi connectivity index (χ3n) is 13.9. The molecule has 12 rings (SSSR count). The first-order chi connectivity index (χ1) is 31.0. The minimum Gasteiger partial charge on any atom is -0.0622 e. The molecular formula is C63H40. The zero-order chi connectivity index (χ0) is 41.9. The van der Waals surface area contributed by atoms with Crippen molar-refractivity contribution in [3.8, 4) is 69.6 Å². The number of hydrogen-bond donors (Lipinski definition) is 0. The van der Waals surface area contributed by atoms with Gasteiger partial charge in [-0.15, -0.1) is 0 Å². The largest absolute Gasteiger partial charge is 0.0622 e. The summed E-state index contributed by atoms with van der Waals surface area (Å²) in [6.45, 7) is 0. The highest BCUT2D eigenvalue weighted by Crippen LogP contribution is 2.78. The lowest BCUT2D eigenvalue weighted by Crippen LogP contribution is -2.61. The molecule has 0 unspecified atom stereocenters. The van der Waals surface area contributed by atoms with Gasteiger partial charge in [0.05, 0.1) is 0 Å². The van der Waals surface area contributed by atoms with Gasteiger partial charge in [0.2, 0.25) is 0 Å². The van der Waals surface area contributed by atoms with Crippen LogP contribution in [0.3, 0.4) is 0 Å². The monoisotopic (exact) mass is 796 g/mol. The summed E-state index contributed by atoms with van der Waals surface area (Å²) in [5.41, 5.74) is 19.4. The van der Waals surface area contributed by atoms with E-state index in [-0.39, 0.29) is 16.2 Å². The molecule has 0 heteroatoms. The summed E-state index contributed by atoms with van der Waals surface area (Å²) >= 11 is 0. The van der Waals surface area contributed by atoms with E-state index in [1.807, 2.05) is 24.3 Å². The van der Waals surface area contributed by atoms with E-state index >= 15 is 0 Å². The molecule has 0 nitrogen and oxygen atoms in total. The number of fused-ring (bicyclic) bond motifs is 10. The molecule has 4 aliphatic carbocycles. The lowest BCUT2D eigenvalue weighted by atomic mass is 9.36. The third-order valence-corrected chi connectivity index (χ3v) is 13.9. The van der Waals surface area contributed by atoms with Crippen LogP contribution in [-0.2, 0) is 10.8 Å². The summed E-state index contributed by atoms with van der Waals surface area (Å²) in [5.74, 6) is 27.8. The van der Waals surface area contributed by atoms with Gasteiger partial charge >= 0.3 is 0 Å². The number of benzene rings is 8. The van der Waals surface area contributed by atoms with Gasteiger partial charge in [-0.2, -0.15) is 0 Å². The van der Waals surface area contributed by atoms with Crippen LogP contribution in [0.2, 0.25) is 0 Å². The van der Waals surface area contributed by atoms with Crippen LogP contribution in [0.5, 0.6) is 0 Å². The first kappa shape index (κ1) is 36.8. The smallest absolute Gasteiger partial charge is 0.0252 e. The van der Waals surface area contributed by atoms with Crippen LogP contribution in [-0.4, -0.2) is 0 Å². The Kier molecular flexibility index (Phi) is 8.52. The fraction of sp³-hybridized carbons (Fsp3) is 0.111. The molecule has 4 aliphatic rings. The Morgan fingerprint density at radius 3 is 0.698 bits per heavy atom. The molecule has 2 fully saturated rings. The van der Waals surface area contributed by atoms with Crippen LogP contribution in [0, 0.1) is 52.8 Å². The second kappa shape index (κ2) is 14.6. The Morgan fingerprint density at radius 1 is 0.238 bits per heavy atom. The fourth-order valence-corrected chi connectivity index (χ4v) is 11.4. The van der Waals surface area contributed by atoms with Gasteiger partial charge in [0.15, 0.2) is 0 Å². The van der Waals surface area contributed by atoms with Gasteiger partial charge in [0.25, 0.3) is 0 Å². The predicted molar refractivity (Wildman–Crippen MR) is 256 cm³/mol. The first-order valence-corrected chi connectivity index (χ1v) is 21.9. The lowest BCUT2D eigenvalue weighted by Gasteiger charge is -2.67. The van der Waals surface area contributed by atoms with Crippen molar-refractivity contribution in [2.45, 2.75) is 36.5 Å². The Balaban J connectivity index is 0.937. The highest BCUT2D eigenvalue weighted by Gasteiger charge is 2.69. The molecule has 63 heavy (non-hydrogen) atoms. The van der Waals surface area contributed by atoms with Crippen molar-refractivity contribution in [1.29, 1.82) is 0 Å². The summed E-state index contributed by atoms with van der Waals surface area (Å²) in [7, 11) is 0. The van der Waals surface area contributed by atoms with Crippen LogP contribution in [0.4, 0.5) is 0 Å². The standard InChI is InChI=1S/C63H40/c1-5-13-45(14-6-1)21-25-49-29-33-53-54-34-30-50(26-22-46-15-7-2-8-16-46)38-58(54)62(57(53)37-49)41-61(42-62)43-63(44-61)59-39-51(27-23-47-17-9-3-10-18-47)31-35-55(59)56-36-32-52(40-60(56)63)28-24-48-19-11-4-12-20-48/h1-20,29-40H,41-44H2. The molecule has 0 radical (unpaired) electrons. The molecule has 0 amide bonds. The summed E-state index contributed by atoms with van der Waals surface area (Å²) in [4.78, 5) is 0. The van der Waals surface area contributed by atoms with E-state index in [4.69, 9.17) is 0 Å². The van der Waals surface area contributed by atoms with Gasteiger partial charge in [0, 0.05) is 55.3 Å². The lowest BCUT2D eigenvalue weighted by molar-refractivity contribution is -0.0735. The molecule has 0 bridgehead atoms. The van der Waals surface area contributed by atoms with Crippen molar-refractivity contribution in [3.63, 3.8) is 0 Å². The van der Waals surface area contributed by atoms with Crippen LogP contribution in [0.15, 0.2) is 194 Å². The van der Waals surface area contributed by atoms with Crippen molar-refractivity contribution < 1.29 is 0 Å². The van der Waals surface area contributed by atoms with E-state index in [0.717, 1.165) is 70.2 Å². The molecule has 8 aromatic rings. The van der Waals surface area contributed by atoms with Gasteiger partial charge in [0.1, 0.15) is 0 Å². The maximum absolute atomic E-state index is 3.52. The maximum Gasteiger partial charge on any atom is 0.0252 e. The average Bonchev–Trinajstić information content (AvgIpc) is 3.76. The normalized spacial score (nSPS) is 15.2. The summed E-state index contributed by atoms with van der Waals surface area (Å²) in [5, 5.41) is 0. The quantitative estimate of drug-likeness (QED) is 0.134. The molecule has 0 atom stereocenters. The maximum atomic E-state index is 3.52. The molecule has 0 N–H and O–H groups in total. The predicted octanol–water partition coefficient (Wildman–Crippen LogP) is 13.1. The fourth-order valence-electron chi connectivity index (χ4n) is 11.4. The average molecular weight is 797 g/mol. The Bertz CT molecular complexity index is 2930. The Hall–Kier alpha value is -8.00. The summed E-state index contributed by atoms with van der Waals surface area (Å²) < 4.78 is 0. The molecule has 8 aromatic carbocycles. The van der Waals surface area contributed by atoms with Crippen molar-refractivity contribution in [2.75, 3.05) is 0 Å².